The Morgan fingerprint density at radius 3 is 2.08 bits per heavy atom. The fourth-order valence-corrected chi connectivity index (χ4v) is 1.89. The Kier molecular flexibility index (Phi) is 4.21. The van der Waals surface area contributed by atoms with E-state index in [9.17, 15) is 0 Å². The zero-order chi connectivity index (χ0) is 9.24. The van der Waals surface area contributed by atoms with Gasteiger partial charge < -0.3 is 16.9 Å². The van der Waals surface area contributed by atoms with Crippen LogP contribution in [0, 0.1) is 0 Å². The summed E-state index contributed by atoms with van der Waals surface area (Å²) < 4.78 is 1.02. The standard InChI is InChI=1S/C11H20N.ClH/c1-5-11(12(2,3)4)9-7-6-8-10-11;/h6-9H,5,10H2,1-4H3;1H/q+1;/p-1. The molecule has 76 valence electrons. The van der Waals surface area contributed by atoms with Crippen LogP contribution in [-0.2, 0) is 0 Å². The minimum Gasteiger partial charge on any atom is -1.00 e. The van der Waals surface area contributed by atoms with Crippen LogP contribution in [0.15, 0.2) is 24.3 Å². The molecule has 0 saturated carbocycles. The van der Waals surface area contributed by atoms with Crippen molar-refractivity contribution in [3.8, 4) is 0 Å². The summed E-state index contributed by atoms with van der Waals surface area (Å²) >= 11 is 0. The number of rotatable bonds is 2. The first-order valence-corrected chi connectivity index (χ1v) is 4.68. The van der Waals surface area contributed by atoms with Crippen LogP contribution in [0.5, 0.6) is 0 Å². The van der Waals surface area contributed by atoms with Crippen LogP contribution in [0.2, 0.25) is 0 Å². The topological polar surface area (TPSA) is 0 Å². The van der Waals surface area contributed by atoms with Crippen LogP contribution in [-0.4, -0.2) is 31.2 Å². The van der Waals surface area contributed by atoms with E-state index in [2.05, 4.69) is 52.4 Å². The number of nitrogens with zero attached hydrogens (tertiary/aromatic N) is 1. The molecule has 0 heterocycles. The van der Waals surface area contributed by atoms with Gasteiger partial charge in [0.05, 0.1) is 21.1 Å². The minimum atomic E-state index is 0. The molecular weight excluding hydrogens is 182 g/mol. The van der Waals surface area contributed by atoms with Gasteiger partial charge in [0.25, 0.3) is 0 Å². The first-order valence-electron chi connectivity index (χ1n) is 4.68. The molecular formula is C11H20ClN. The molecule has 1 aliphatic rings. The van der Waals surface area contributed by atoms with Crippen LogP contribution < -0.4 is 12.4 Å². The van der Waals surface area contributed by atoms with E-state index >= 15 is 0 Å². The van der Waals surface area contributed by atoms with Gasteiger partial charge in [-0.2, -0.15) is 0 Å². The normalized spacial score (nSPS) is 27.1. The molecule has 0 aromatic rings. The maximum atomic E-state index is 2.35. The second-order valence-corrected chi connectivity index (χ2v) is 4.46. The van der Waals surface area contributed by atoms with E-state index in [1.807, 2.05) is 0 Å². The summed E-state index contributed by atoms with van der Waals surface area (Å²) in [7, 11) is 6.81. The van der Waals surface area contributed by atoms with Crippen molar-refractivity contribution in [3.05, 3.63) is 24.3 Å². The molecule has 1 rings (SSSR count). The highest BCUT2D eigenvalue weighted by Gasteiger charge is 2.38. The Labute approximate surface area is 88.1 Å². The Morgan fingerprint density at radius 1 is 1.23 bits per heavy atom. The predicted molar refractivity (Wildman–Crippen MR) is 54.0 cm³/mol. The van der Waals surface area contributed by atoms with Gasteiger partial charge in [0.15, 0.2) is 0 Å². The van der Waals surface area contributed by atoms with Gasteiger partial charge >= 0.3 is 0 Å². The number of allylic oxidation sites excluding steroid dienone is 2. The third-order valence-corrected chi connectivity index (χ3v) is 3.07. The number of halogens is 1. The number of quaternary nitrogens is 1. The highest BCUT2D eigenvalue weighted by molar-refractivity contribution is 5.18. The molecule has 2 heteroatoms. The molecule has 0 spiro atoms. The molecule has 0 fully saturated rings. The van der Waals surface area contributed by atoms with Gasteiger partial charge in [-0.3, -0.25) is 0 Å². The largest absolute Gasteiger partial charge is 1.00 e. The number of likely N-dealkylation sites (N-methyl/N-ethyl adjacent to an activating group) is 1. The SMILES string of the molecule is CCC1([N+](C)(C)C)C=CC=CC1.[Cl-]. The van der Waals surface area contributed by atoms with Gasteiger partial charge in [-0.1, -0.05) is 25.2 Å². The average Bonchev–Trinajstić information content (AvgIpc) is 2.04. The summed E-state index contributed by atoms with van der Waals surface area (Å²) in [5.74, 6) is 0. The van der Waals surface area contributed by atoms with E-state index in [1.54, 1.807) is 0 Å². The maximum Gasteiger partial charge on any atom is 0.121 e. The van der Waals surface area contributed by atoms with Crippen molar-refractivity contribution in [2.24, 2.45) is 0 Å². The quantitative estimate of drug-likeness (QED) is 0.522. The van der Waals surface area contributed by atoms with Crippen LogP contribution in [0.25, 0.3) is 0 Å². The van der Waals surface area contributed by atoms with E-state index in [4.69, 9.17) is 0 Å². The Morgan fingerprint density at radius 2 is 1.85 bits per heavy atom. The lowest BCUT2D eigenvalue weighted by Crippen LogP contribution is -3.00. The smallest absolute Gasteiger partial charge is 0.121 e. The lowest BCUT2D eigenvalue weighted by Gasteiger charge is -2.44. The zero-order valence-corrected chi connectivity index (χ0v) is 9.80. The highest BCUT2D eigenvalue weighted by Crippen LogP contribution is 2.31. The summed E-state index contributed by atoms with van der Waals surface area (Å²) in [4.78, 5) is 0. The lowest BCUT2D eigenvalue weighted by molar-refractivity contribution is -0.916. The Bertz CT molecular complexity index is 213. The molecule has 0 aliphatic heterocycles. The molecule has 1 nitrogen and oxygen atoms in total. The van der Waals surface area contributed by atoms with Crippen molar-refractivity contribution in [1.82, 2.24) is 0 Å². The minimum absolute atomic E-state index is 0. The number of hydrogen-bond donors (Lipinski definition) is 0. The molecule has 1 unspecified atom stereocenters. The van der Waals surface area contributed by atoms with Crippen LogP contribution in [0.3, 0.4) is 0 Å². The summed E-state index contributed by atoms with van der Waals surface area (Å²) in [6, 6.07) is 0. The maximum absolute atomic E-state index is 2.35. The van der Waals surface area contributed by atoms with Crippen molar-refractivity contribution >= 4 is 0 Å². The molecule has 0 aromatic carbocycles. The molecule has 1 aliphatic carbocycles. The van der Waals surface area contributed by atoms with Crippen molar-refractivity contribution in [2.75, 3.05) is 21.1 Å². The van der Waals surface area contributed by atoms with E-state index in [0.717, 1.165) is 4.48 Å². The van der Waals surface area contributed by atoms with E-state index in [0.29, 0.717) is 5.54 Å². The fraction of sp³-hybridized carbons (Fsp3) is 0.636. The van der Waals surface area contributed by atoms with Crippen LogP contribution >= 0.6 is 0 Å². The van der Waals surface area contributed by atoms with Gasteiger partial charge in [-0.05, 0) is 6.08 Å². The van der Waals surface area contributed by atoms with Crippen LogP contribution in [0.1, 0.15) is 19.8 Å². The summed E-state index contributed by atoms with van der Waals surface area (Å²) in [5.41, 5.74) is 0.328. The monoisotopic (exact) mass is 201 g/mol. The van der Waals surface area contributed by atoms with E-state index in [-0.39, 0.29) is 12.4 Å². The molecule has 0 saturated heterocycles. The third-order valence-electron chi connectivity index (χ3n) is 3.07. The summed E-state index contributed by atoms with van der Waals surface area (Å²) in [6.07, 6.45) is 11.3. The molecule has 13 heavy (non-hydrogen) atoms. The average molecular weight is 202 g/mol. The molecule has 0 N–H and O–H groups in total. The van der Waals surface area contributed by atoms with Gasteiger partial charge in [0.2, 0.25) is 0 Å². The van der Waals surface area contributed by atoms with Gasteiger partial charge in [-0.15, -0.1) is 0 Å². The molecule has 0 radical (unpaired) electrons. The molecule has 0 aromatic heterocycles. The number of hydrogen-bond acceptors (Lipinski definition) is 0. The van der Waals surface area contributed by atoms with Gasteiger partial charge in [0.1, 0.15) is 5.54 Å². The van der Waals surface area contributed by atoms with Crippen molar-refractivity contribution < 1.29 is 16.9 Å². The van der Waals surface area contributed by atoms with Gasteiger partial charge in [0, 0.05) is 12.8 Å². The lowest BCUT2D eigenvalue weighted by atomic mass is 9.85. The van der Waals surface area contributed by atoms with E-state index in [1.165, 1.54) is 12.8 Å². The Balaban J connectivity index is 0.00000144. The van der Waals surface area contributed by atoms with Crippen LogP contribution in [0.4, 0.5) is 0 Å². The second kappa shape index (κ2) is 4.30. The van der Waals surface area contributed by atoms with Crippen molar-refractivity contribution in [2.45, 2.75) is 25.3 Å². The van der Waals surface area contributed by atoms with Crippen molar-refractivity contribution in [3.63, 3.8) is 0 Å². The molecule has 0 bridgehead atoms. The third kappa shape index (κ3) is 2.35. The van der Waals surface area contributed by atoms with Gasteiger partial charge in [-0.25, -0.2) is 0 Å². The highest BCUT2D eigenvalue weighted by atomic mass is 35.5. The molecule has 0 amide bonds. The van der Waals surface area contributed by atoms with E-state index < -0.39 is 0 Å². The Hall–Kier alpha value is -0.270. The molecule has 1 atom stereocenters. The van der Waals surface area contributed by atoms with Crippen molar-refractivity contribution in [1.29, 1.82) is 0 Å². The summed E-state index contributed by atoms with van der Waals surface area (Å²) in [6.45, 7) is 2.27. The second-order valence-electron chi connectivity index (χ2n) is 4.46. The first-order chi connectivity index (χ1) is 5.52. The fourth-order valence-electron chi connectivity index (χ4n) is 1.89. The first kappa shape index (κ1) is 12.7. The predicted octanol–water partition coefficient (Wildman–Crippen LogP) is -0.638. The zero-order valence-electron chi connectivity index (χ0n) is 9.05. The summed E-state index contributed by atoms with van der Waals surface area (Å²) in [5, 5.41) is 0.